The van der Waals surface area contributed by atoms with E-state index in [0.717, 1.165) is 53.5 Å². The van der Waals surface area contributed by atoms with Crippen molar-refractivity contribution in [2.24, 2.45) is 5.10 Å². The summed E-state index contributed by atoms with van der Waals surface area (Å²) in [6.45, 7) is 8.01. The average molecular weight is 487 g/mol. The fraction of sp³-hybridized carbons (Fsp3) is 0.296. The van der Waals surface area contributed by atoms with Gasteiger partial charge in [0.05, 0.1) is 16.3 Å². The zero-order valence-corrected chi connectivity index (χ0v) is 20.9. The van der Waals surface area contributed by atoms with Crippen LogP contribution in [-0.4, -0.2) is 47.3 Å². The summed E-state index contributed by atoms with van der Waals surface area (Å²) in [6.07, 6.45) is 2.81. The van der Waals surface area contributed by atoms with Crippen molar-refractivity contribution in [1.82, 2.24) is 14.9 Å². The molecule has 1 unspecified atom stereocenters. The Morgan fingerprint density at radius 2 is 1.83 bits per heavy atom. The van der Waals surface area contributed by atoms with E-state index in [0.29, 0.717) is 12.6 Å². The van der Waals surface area contributed by atoms with Gasteiger partial charge in [-0.2, -0.15) is 10.1 Å². The van der Waals surface area contributed by atoms with E-state index in [4.69, 9.17) is 14.7 Å². The van der Waals surface area contributed by atoms with Gasteiger partial charge in [0, 0.05) is 24.9 Å². The van der Waals surface area contributed by atoms with Gasteiger partial charge in [-0.15, -0.1) is 11.3 Å². The first-order valence-corrected chi connectivity index (χ1v) is 13.0. The minimum absolute atomic E-state index is 0.122. The summed E-state index contributed by atoms with van der Waals surface area (Å²) >= 11 is 1.64. The lowest BCUT2D eigenvalue weighted by Crippen LogP contribution is -2.27. The monoisotopic (exact) mass is 486 g/mol. The largest absolute Gasteiger partial charge is 0.492 e. The molecule has 8 heteroatoms. The number of thiophene rings is 1. The first-order valence-electron chi connectivity index (χ1n) is 12.1. The van der Waals surface area contributed by atoms with Crippen LogP contribution < -0.4 is 15.1 Å². The molecule has 0 saturated heterocycles. The minimum Gasteiger partial charge on any atom is -0.492 e. The van der Waals surface area contributed by atoms with E-state index in [1.165, 1.54) is 5.56 Å². The van der Waals surface area contributed by atoms with Crippen LogP contribution >= 0.6 is 11.3 Å². The minimum atomic E-state index is 0.122. The zero-order valence-electron chi connectivity index (χ0n) is 20.1. The molecule has 5 rings (SSSR count). The number of aromatic nitrogens is 2. The average Bonchev–Trinajstić information content (AvgIpc) is 3.58. The normalized spacial score (nSPS) is 15.3. The predicted octanol–water partition coefficient (Wildman–Crippen LogP) is 6.09. The van der Waals surface area contributed by atoms with Crippen LogP contribution in [0.1, 0.15) is 31.9 Å². The Kier molecular flexibility index (Phi) is 7.20. The van der Waals surface area contributed by atoms with Crippen molar-refractivity contribution in [3.63, 3.8) is 0 Å². The lowest BCUT2D eigenvalue weighted by Gasteiger charge is -2.24. The zero-order chi connectivity index (χ0) is 24.0. The molecule has 180 valence electrons. The number of nitrogens with one attached hydrogen (secondary N) is 1. The molecule has 4 aromatic rings. The third-order valence-electron chi connectivity index (χ3n) is 6.20. The SMILES string of the molecule is CCN(CC)CCOc1ccc(Nc2nc(N3N=CCC3c3ccccc3)c3sccc3n2)cc1. The Morgan fingerprint density at radius 1 is 1.03 bits per heavy atom. The van der Waals surface area contributed by atoms with Gasteiger partial charge >= 0.3 is 0 Å². The van der Waals surface area contributed by atoms with E-state index in [-0.39, 0.29) is 6.04 Å². The lowest BCUT2D eigenvalue weighted by molar-refractivity contribution is 0.223. The molecule has 3 heterocycles. The molecule has 0 amide bonds. The van der Waals surface area contributed by atoms with Crippen LogP contribution in [0.15, 0.2) is 71.1 Å². The Hall–Kier alpha value is -3.49. The Morgan fingerprint density at radius 3 is 2.60 bits per heavy atom. The molecule has 1 aliphatic heterocycles. The maximum atomic E-state index is 5.91. The maximum absolute atomic E-state index is 5.91. The van der Waals surface area contributed by atoms with Crippen LogP contribution in [0, 0.1) is 0 Å². The molecule has 35 heavy (non-hydrogen) atoms. The fourth-order valence-corrected chi connectivity index (χ4v) is 5.04. The molecule has 0 fully saturated rings. The molecule has 0 aliphatic carbocycles. The summed E-state index contributed by atoms with van der Waals surface area (Å²) in [5, 5.41) is 12.1. The van der Waals surface area contributed by atoms with Gasteiger partial charge in [0.15, 0.2) is 5.82 Å². The number of ether oxygens (including phenoxy) is 1. The number of rotatable bonds is 10. The maximum Gasteiger partial charge on any atom is 0.229 e. The molecule has 0 spiro atoms. The highest BCUT2D eigenvalue weighted by Crippen LogP contribution is 2.38. The molecule has 2 aromatic heterocycles. The molecule has 0 bridgehead atoms. The number of fused-ring (bicyclic) bond motifs is 1. The second kappa shape index (κ2) is 10.8. The predicted molar refractivity (Wildman–Crippen MR) is 145 cm³/mol. The van der Waals surface area contributed by atoms with E-state index < -0.39 is 0 Å². The van der Waals surface area contributed by atoms with Crippen LogP contribution in [0.5, 0.6) is 5.75 Å². The first-order chi connectivity index (χ1) is 17.2. The van der Waals surface area contributed by atoms with Crippen molar-refractivity contribution in [2.75, 3.05) is 36.6 Å². The standard InChI is InChI=1S/C27H30N6OS/c1-3-32(4-2)17-18-34-22-12-10-21(11-13-22)29-27-30-23-15-19-35-25(23)26(31-27)33-24(14-16-28-33)20-8-6-5-7-9-20/h5-13,15-16,19,24H,3-4,14,17-18H2,1-2H3,(H,29,30,31). The van der Waals surface area contributed by atoms with E-state index >= 15 is 0 Å². The summed E-state index contributed by atoms with van der Waals surface area (Å²) in [6, 6.07) is 20.5. The molecule has 0 saturated carbocycles. The number of likely N-dealkylation sites (N-methyl/N-ethyl adjacent to an activating group) is 1. The van der Waals surface area contributed by atoms with E-state index in [2.05, 4.69) is 53.4 Å². The number of nitrogens with zero attached hydrogens (tertiary/aromatic N) is 5. The second-order valence-corrected chi connectivity index (χ2v) is 9.25. The molecule has 2 aromatic carbocycles. The molecular formula is C27H30N6OS. The van der Waals surface area contributed by atoms with Gasteiger partial charge in [-0.3, -0.25) is 0 Å². The molecule has 1 atom stereocenters. The summed E-state index contributed by atoms with van der Waals surface area (Å²) in [7, 11) is 0. The molecule has 1 aliphatic rings. The van der Waals surface area contributed by atoms with Crippen molar-refractivity contribution in [3.8, 4) is 5.75 Å². The Labute approximate surface area is 210 Å². The van der Waals surface area contributed by atoms with Gasteiger partial charge in [0.1, 0.15) is 12.4 Å². The molecule has 7 nitrogen and oxygen atoms in total. The lowest BCUT2D eigenvalue weighted by atomic mass is 10.0. The third-order valence-corrected chi connectivity index (χ3v) is 7.10. The van der Waals surface area contributed by atoms with Gasteiger partial charge in [-0.25, -0.2) is 9.99 Å². The van der Waals surface area contributed by atoms with Gasteiger partial charge in [-0.05, 0) is 54.4 Å². The summed E-state index contributed by atoms with van der Waals surface area (Å²) < 4.78 is 6.95. The summed E-state index contributed by atoms with van der Waals surface area (Å²) in [5.41, 5.74) is 3.04. The molecule has 1 N–H and O–H groups in total. The van der Waals surface area contributed by atoms with Gasteiger partial charge < -0.3 is 15.0 Å². The topological polar surface area (TPSA) is 65.9 Å². The Balaban J connectivity index is 1.33. The van der Waals surface area contributed by atoms with Crippen molar-refractivity contribution in [3.05, 3.63) is 71.6 Å². The smallest absolute Gasteiger partial charge is 0.229 e. The van der Waals surface area contributed by atoms with Crippen molar-refractivity contribution >= 4 is 45.2 Å². The first kappa shape index (κ1) is 23.3. The van der Waals surface area contributed by atoms with Gasteiger partial charge in [0.2, 0.25) is 5.95 Å². The highest BCUT2D eigenvalue weighted by molar-refractivity contribution is 7.17. The highest BCUT2D eigenvalue weighted by Gasteiger charge is 2.27. The quantitative estimate of drug-likeness (QED) is 0.292. The summed E-state index contributed by atoms with van der Waals surface area (Å²) in [4.78, 5) is 12.0. The van der Waals surface area contributed by atoms with Crippen LogP contribution in [-0.2, 0) is 0 Å². The highest BCUT2D eigenvalue weighted by atomic mass is 32.1. The number of hydrogen-bond donors (Lipinski definition) is 1. The summed E-state index contributed by atoms with van der Waals surface area (Å²) in [5.74, 6) is 2.23. The van der Waals surface area contributed by atoms with E-state index in [1.807, 2.05) is 53.0 Å². The second-order valence-electron chi connectivity index (χ2n) is 8.34. The van der Waals surface area contributed by atoms with Gasteiger partial charge in [-0.1, -0.05) is 44.2 Å². The van der Waals surface area contributed by atoms with Crippen LogP contribution in [0.3, 0.4) is 0 Å². The van der Waals surface area contributed by atoms with Crippen LogP contribution in [0.4, 0.5) is 17.5 Å². The number of benzene rings is 2. The molecule has 0 radical (unpaired) electrons. The Bertz CT molecular complexity index is 1270. The van der Waals surface area contributed by atoms with E-state index in [9.17, 15) is 0 Å². The van der Waals surface area contributed by atoms with Crippen LogP contribution in [0.25, 0.3) is 10.2 Å². The number of hydrazone groups is 1. The third kappa shape index (κ3) is 5.28. The van der Waals surface area contributed by atoms with Gasteiger partial charge in [0.25, 0.3) is 0 Å². The van der Waals surface area contributed by atoms with Crippen LogP contribution in [0.2, 0.25) is 0 Å². The van der Waals surface area contributed by atoms with Crippen molar-refractivity contribution in [2.45, 2.75) is 26.3 Å². The van der Waals surface area contributed by atoms with E-state index in [1.54, 1.807) is 11.3 Å². The number of hydrogen-bond acceptors (Lipinski definition) is 8. The van der Waals surface area contributed by atoms with Crippen molar-refractivity contribution in [1.29, 1.82) is 0 Å². The molecular weight excluding hydrogens is 456 g/mol. The fourth-order valence-electron chi connectivity index (χ4n) is 4.23. The van der Waals surface area contributed by atoms with Crippen molar-refractivity contribution < 1.29 is 4.74 Å². The number of anilines is 3.